The van der Waals surface area contributed by atoms with Gasteiger partial charge in [-0.25, -0.2) is 4.72 Å². The van der Waals surface area contributed by atoms with E-state index < -0.39 is 10.2 Å². The lowest BCUT2D eigenvalue weighted by molar-refractivity contribution is -0.116. The molecule has 0 unspecified atom stereocenters. The SMILES string of the molecule is CC(=O)N(CCNS(=O)(=O)N(C)C)c1ccc(C)c(Cl)c1. The van der Waals surface area contributed by atoms with Gasteiger partial charge >= 0.3 is 0 Å². The van der Waals surface area contributed by atoms with E-state index in [4.69, 9.17) is 11.6 Å². The molecular weight excluding hydrogens is 314 g/mol. The van der Waals surface area contributed by atoms with Crippen LogP contribution in [0.1, 0.15) is 12.5 Å². The topological polar surface area (TPSA) is 69.7 Å². The smallest absolute Gasteiger partial charge is 0.278 e. The van der Waals surface area contributed by atoms with Crippen LogP contribution in [0.4, 0.5) is 5.69 Å². The molecule has 21 heavy (non-hydrogen) atoms. The molecule has 0 radical (unpaired) electrons. The van der Waals surface area contributed by atoms with Crippen molar-refractivity contribution in [3.05, 3.63) is 28.8 Å². The molecule has 0 aromatic heterocycles. The molecule has 118 valence electrons. The number of hydrogen-bond acceptors (Lipinski definition) is 3. The zero-order valence-corrected chi connectivity index (χ0v) is 14.1. The van der Waals surface area contributed by atoms with Crippen molar-refractivity contribution in [2.45, 2.75) is 13.8 Å². The Morgan fingerprint density at radius 1 is 1.33 bits per heavy atom. The maximum Gasteiger partial charge on any atom is 0.278 e. The summed E-state index contributed by atoms with van der Waals surface area (Å²) in [7, 11) is -0.627. The molecule has 0 atom stereocenters. The first-order chi connectivity index (χ1) is 9.65. The monoisotopic (exact) mass is 333 g/mol. The number of benzene rings is 1. The molecule has 1 amide bonds. The molecule has 8 heteroatoms. The molecule has 1 aromatic rings. The second kappa shape index (κ2) is 7.22. The standard InChI is InChI=1S/C13H20ClN3O3S/c1-10-5-6-12(9-13(10)14)17(11(2)18)8-7-15-21(19,20)16(3)4/h5-6,9,15H,7-8H2,1-4H3. The number of hydrogen-bond donors (Lipinski definition) is 1. The number of amides is 1. The molecular formula is C13H20ClN3O3S. The van der Waals surface area contributed by atoms with Crippen LogP contribution in [0.15, 0.2) is 18.2 Å². The third-order valence-electron chi connectivity index (χ3n) is 2.95. The highest BCUT2D eigenvalue weighted by atomic mass is 35.5. The van der Waals surface area contributed by atoms with Crippen molar-refractivity contribution >= 4 is 33.4 Å². The first-order valence-electron chi connectivity index (χ1n) is 6.36. The van der Waals surface area contributed by atoms with Gasteiger partial charge in [0, 0.05) is 44.8 Å². The third-order valence-corrected chi connectivity index (χ3v) is 4.89. The van der Waals surface area contributed by atoms with Gasteiger partial charge in [0.1, 0.15) is 0 Å². The summed E-state index contributed by atoms with van der Waals surface area (Å²) in [5, 5.41) is 0.563. The summed E-state index contributed by atoms with van der Waals surface area (Å²) < 4.78 is 26.7. The van der Waals surface area contributed by atoms with Crippen molar-refractivity contribution in [1.82, 2.24) is 9.03 Å². The van der Waals surface area contributed by atoms with Gasteiger partial charge in [-0.3, -0.25) is 4.79 Å². The lowest BCUT2D eigenvalue weighted by atomic mass is 10.2. The van der Waals surface area contributed by atoms with Crippen molar-refractivity contribution in [2.24, 2.45) is 0 Å². The second-order valence-corrected chi connectivity index (χ2v) is 7.16. The Morgan fingerprint density at radius 3 is 2.43 bits per heavy atom. The van der Waals surface area contributed by atoms with Crippen LogP contribution in [-0.4, -0.2) is 45.8 Å². The molecule has 0 saturated heterocycles. The van der Waals surface area contributed by atoms with Gasteiger partial charge in [-0.15, -0.1) is 0 Å². The van der Waals surface area contributed by atoms with Gasteiger partial charge in [0.25, 0.3) is 10.2 Å². The molecule has 0 fully saturated rings. The molecule has 0 spiro atoms. The Kier molecular flexibility index (Phi) is 6.15. The summed E-state index contributed by atoms with van der Waals surface area (Å²) in [5.74, 6) is -0.182. The predicted octanol–water partition coefficient (Wildman–Crippen LogP) is 1.40. The molecule has 0 heterocycles. The first-order valence-corrected chi connectivity index (χ1v) is 8.18. The Morgan fingerprint density at radius 2 is 1.95 bits per heavy atom. The average molecular weight is 334 g/mol. The van der Waals surface area contributed by atoms with Crippen LogP contribution in [0.3, 0.4) is 0 Å². The van der Waals surface area contributed by atoms with E-state index in [0.29, 0.717) is 10.7 Å². The van der Waals surface area contributed by atoms with E-state index in [-0.39, 0.29) is 19.0 Å². The molecule has 0 aliphatic rings. The van der Waals surface area contributed by atoms with Crippen molar-refractivity contribution < 1.29 is 13.2 Å². The minimum atomic E-state index is -3.50. The number of nitrogens with zero attached hydrogens (tertiary/aromatic N) is 2. The van der Waals surface area contributed by atoms with E-state index in [0.717, 1.165) is 9.87 Å². The predicted molar refractivity (Wildman–Crippen MR) is 84.8 cm³/mol. The maximum atomic E-state index is 11.7. The molecule has 1 aromatic carbocycles. The molecule has 0 aliphatic carbocycles. The van der Waals surface area contributed by atoms with Crippen LogP contribution in [0, 0.1) is 6.92 Å². The van der Waals surface area contributed by atoms with Crippen LogP contribution in [0.5, 0.6) is 0 Å². The number of nitrogens with one attached hydrogen (secondary N) is 1. The summed E-state index contributed by atoms with van der Waals surface area (Å²) in [4.78, 5) is 13.2. The third kappa shape index (κ3) is 4.96. The van der Waals surface area contributed by atoms with Gasteiger partial charge in [-0.1, -0.05) is 17.7 Å². The Labute approximate surface area is 130 Å². The fourth-order valence-corrected chi connectivity index (χ4v) is 2.42. The minimum Gasteiger partial charge on any atom is -0.311 e. The summed E-state index contributed by atoms with van der Waals surface area (Å²) in [5.41, 5.74) is 1.55. The Bertz CT molecular complexity index is 617. The average Bonchev–Trinajstić information content (AvgIpc) is 2.37. The van der Waals surface area contributed by atoms with Crippen molar-refractivity contribution in [1.29, 1.82) is 0 Å². The Hall–Kier alpha value is -1.15. The van der Waals surface area contributed by atoms with E-state index in [1.54, 1.807) is 12.1 Å². The molecule has 1 rings (SSSR count). The molecule has 6 nitrogen and oxygen atoms in total. The summed E-state index contributed by atoms with van der Waals surface area (Å²) in [6.07, 6.45) is 0. The Balaban J connectivity index is 2.80. The molecule has 0 saturated carbocycles. The number of halogens is 1. The first kappa shape index (κ1) is 17.9. The summed E-state index contributed by atoms with van der Waals surface area (Å²) >= 11 is 6.05. The molecule has 1 N–H and O–H groups in total. The van der Waals surface area contributed by atoms with Crippen LogP contribution in [0.2, 0.25) is 5.02 Å². The van der Waals surface area contributed by atoms with Crippen LogP contribution >= 0.6 is 11.6 Å². The lowest BCUT2D eigenvalue weighted by Gasteiger charge is -2.22. The highest BCUT2D eigenvalue weighted by molar-refractivity contribution is 7.87. The largest absolute Gasteiger partial charge is 0.311 e. The van der Waals surface area contributed by atoms with Gasteiger partial charge in [0.05, 0.1) is 0 Å². The minimum absolute atomic E-state index is 0.117. The summed E-state index contributed by atoms with van der Waals surface area (Å²) in [6.45, 7) is 3.64. The normalized spacial score (nSPS) is 11.7. The quantitative estimate of drug-likeness (QED) is 0.855. The fourth-order valence-electron chi connectivity index (χ4n) is 1.63. The number of carbonyl (C=O) groups is 1. The van der Waals surface area contributed by atoms with E-state index in [1.165, 1.54) is 25.9 Å². The summed E-state index contributed by atoms with van der Waals surface area (Å²) in [6, 6.07) is 5.29. The van der Waals surface area contributed by atoms with Gasteiger partial charge in [0.15, 0.2) is 0 Å². The number of anilines is 1. The molecule has 0 aliphatic heterocycles. The second-order valence-electron chi connectivity index (χ2n) is 4.79. The van der Waals surface area contributed by atoms with E-state index in [1.807, 2.05) is 13.0 Å². The zero-order chi connectivity index (χ0) is 16.2. The van der Waals surface area contributed by atoms with Crippen molar-refractivity contribution in [3.8, 4) is 0 Å². The van der Waals surface area contributed by atoms with E-state index in [9.17, 15) is 13.2 Å². The highest BCUT2D eigenvalue weighted by Gasteiger charge is 2.16. The van der Waals surface area contributed by atoms with Gasteiger partial charge in [0.2, 0.25) is 5.91 Å². The fraction of sp³-hybridized carbons (Fsp3) is 0.462. The van der Waals surface area contributed by atoms with Crippen LogP contribution < -0.4 is 9.62 Å². The molecule has 0 bridgehead atoms. The maximum absolute atomic E-state index is 11.7. The van der Waals surface area contributed by atoms with E-state index >= 15 is 0 Å². The lowest BCUT2D eigenvalue weighted by Crippen LogP contribution is -2.41. The zero-order valence-electron chi connectivity index (χ0n) is 12.6. The highest BCUT2D eigenvalue weighted by Crippen LogP contribution is 2.23. The van der Waals surface area contributed by atoms with Gasteiger partial charge < -0.3 is 4.90 Å². The number of aryl methyl sites for hydroxylation is 1. The van der Waals surface area contributed by atoms with Gasteiger partial charge in [-0.2, -0.15) is 12.7 Å². The van der Waals surface area contributed by atoms with Crippen molar-refractivity contribution in [2.75, 3.05) is 32.1 Å². The van der Waals surface area contributed by atoms with E-state index in [2.05, 4.69) is 4.72 Å². The van der Waals surface area contributed by atoms with Crippen LogP contribution in [-0.2, 0) is 15.0 Å². The number of carbonyl (C=O) groups excluding carboxylic acids is 1. The van der Waals surface area contributed by atoms with Crippen LogP contribution in [0.25, 0.3) is 0 Å². The van der Waals surface area contributed by atoms with Crippen molar-refractivity contribution in [3.63, 3.8) is 0 Å². The van der Waals surface area contributed by atoms with Gasteiger partial charge in [-0.05, 0) is 24.6 Å². The number of rotatable bonds is 6.